The SMILES string of the molecule is Cc1ccc2c(c1)SC(C(=O)c1ccccc1)N(c1ccccc1)S2(=O)=O. The third kappa shape index (κ3) is 3.15. The average Bonchev–Trinajstić information content (AvgIpc) is 2.68. The van der Waals surface area contributed by atoms with Crippen LogP contribution in [0.4, 0.5) is 5.69 Å². The third-order valence-corrected chi connectivity index (χ3v) is 7.73. The highest BCUT2D eigenvalue weighted by Gasteiger charge is 2.42. The van der Waals surface area contributed by atoms with Gasteiger partial charge in [0.1, 0.15) is 4.90 Å². The van der Waals surface area contributed by atoms with Crippen LogP contribution in [0.1, 0.15) is 15.9 Å². The molecule has 0 aliphatic carbocycles. The molecule has 27 heavy (non-hydrogen) atoms. The van der Waals surface area contributed by atoms with E-state index >= 15 is 0 Å². The minimum Gasteiger partial charge on any atom is -0.291 e. The summed E-state index contributed by atoms with van der Waals surface area (Å²) < 4.78 is 28.1. The fourth-order valence-electron chi connectivity index (χ4n) is 3.07. The molecular weight excluding hydrogens is 378 g/mol. The lowest BCUT2D eigenvalue weighted by Gasteiger charge is -2.36. The number of carbonyl (C=O) groups is 1. The number of para-hydroxylation sites is 1. The van der Waals surface area contributed by atoms with Crippen molar-refractivity contribution >= 4 is 33.3 Å². The molecule has 0 saturated carbocycles. The fourth-order valence-corrected chi connectivity index (χ4v) is 6.66. The molecule has 4 rings (SSSR count). The van der Waals surface area contributed by atoms with Crippen LogP contribution in [0.2, 0.25) is 0 Å². The summed E-state index contributed by atoms with van der Waals surface area (Å²) in [5.41, 5.74) is 1.92. The molecule has 0 saturated heterocycles. The van der Waals surface area contributed by atoms with Crippen LogP contribution < -0.4 is 4.31 Å². The van der Waals surface area contributed by atoms with Crippen LogP contribution in [-0.4, -0.2) is 19.6 Å². The van der Waals surface area contributed by atoms with Gasteiger partial charge in [0.2, 0.25) is 0 Å². The van der Waals surface area contributed by atoms with Gasteiger partial charge in [0.25, 0.3) is 10.0 Å². The molecule has 1 unspecified atom stereocenters. The lowest BCUT2D eigenvalue weighted by Crippen LogP contribution is -2.46. The van der Waals surface area contributed by atoms with Crippen molar-refractivity contribution in [3.05, 3.63) is 90.0 Å². The van der Waals surface area contributed by atoms with Gasteiger partial charge < -0.3 is 0 Å². The number of carbonyl (C=O) groups excluding carboxylic acids is 1. The van der Waals surface area contributed by atoms with Gasteiger partial charge in [-0.15, -0.1) is 0 Å². The maximum atomic E-state index is 13.4. The van der Waals surface area contributed by atoms with E-state index in [1.165, 1.54) is 16.1 Å². The lowest BCUT2D eigenvalue weighted by molar-refractivity contribution is 0.0991. The average molecular weight is 396 g/mol. The Balaban J connectivity index is 1.91. The summed E-state index contributed by atoms with van der Waals surface area (Å²) in [6.07, 6.45) is 0. The molecule has 0 aromatic heterocycles. The Labute approximate surface area is 162 Å². The molecule has 3 aromatic carbocycles. The van der Waals surface area contributed by atoms with Gasteiger partial charge in [-0.1, -0.05) is 66.4 Å². The Hall–Kier alpha value is -2.57. The number of aryl methyl sites for hydroxylation is 1. The number of hydrogen-bond donors (Lipinski definition) is 0. The first-order chi connectivity index (χ1) is 13.0. The van der Waals surface area contributed by atoms with E-state index in [1.807, 2.05) is 25.1 Å². The first kappa shape index (κ1) is 17.8. The second-order valence-corrected chi connectivity index (χ2v) is 9.19. The summed E-state index contributed by atoms with van der Waals surface area (Å²) in [4.78, 5) is 14.1. The smallest absolute Gasteiger partial charge is 0.266 e. The van der Waals surface area contributed by atoms with Gasteiger partial charge >= 0.3 is 0 Å². The molecule has 0 bridgehead atoms. The van der Waals surface area contributed by atoms with E-state index in [9.17, 15) is 13.2 Å². The Morgan fingerprint density at radius 3 is 2.22 bits per heavy atom. The predicted octanol–water partition coefficient (Wildman–Crippen LogP) is 4.51. The van der Waals surface area contributed by atoms with Crippen LogP contribution in [0.5, 0.6) is 0 Å². The highest BCUT2D eigenvalue weighted by molar-refractivity contribution is 8.04. The summed E-state index contributed by atoms with van der Waals surface area (Å²) in [7, 11) is -3.86. The molecule has 0 fully saturated rings. The molecule has 1 atom stereocenters. The van der Waals surface area contributed by atoms with Gasteiger partial charge in [0, 0.05) is 10.5 Å². The Morgan fingerprint density at radius 1 is 0.926 bits per heavy atom. The Morgan fingerprint density at radius 2 is 1.56 bits per heavy atom. The van der Waals surface area contributed by atoms with Crippen molar-refractivity contribution in [2.45, 2.75) is 22.1 Å². The van der Waals surface area contributed by atoms with Gasteiger partial charge in [-0.3, -0.25) is 4.79 Å². The molecule has 136 valence electrons. The van der Waals surface area contributed by atoms with Gasteiger partial charge in [0.15, 0.2) is 11.2 Å². The summed E-state index contributed by atoms with van der Waals surface area (Å²) in [5.74, 6) is -0.236. The van der Waals surface area contributed by atoms with Crippen molar-refractivity contribution < 1.29 is 13.2 Å². The van der Waals surface area contributed by atoms with Crippen LogP contribution in [-0.2, 0) is 10.0 Å². The molecule has 3 aromatic rings. The lowest BCUT2D eigenvalue weighted by atomic mass is 10.1. The van der Waals surface area contributed by atoms with Crippen LogP contribution in [0.25, 0.3) is 0 Å². The summed E-state index contributed by atoms with van der Waals surface area (Å²) in [6, 6.07) is 22.8. The quantitative estimate of drug-likeness (QED) is 0.613. The van der Waals surface area contributed by atoms with Crippen LogP contribution in [0.3, 0.4) is 0 Å². The predicted molar refractivity (Wildman–Crippen MR) is 108 cm³/mol. The Kier molecular flexibility index (Phi) is 4.53. The molecule has 4 nitrogen and oxygen atoms in total. The molecule has 6 heteroatoms. The number of sulfonamides is 1. The van der Waals surface area contributed by atoms with E-state index in [0.29, 0.717) is 16.1 Å². The fraction of sp³-hybridized carbons (Fsp3) is 0.0952. The van der Waals surface area contributed by atoms with Crippen molar-refractivity contribution in [2.75, 3.05) is 4.31 Å². The van der Waals surface area contributed by atoms with E-state index in [0.717, 1.165) is 5.56 Å². The Bertz CT molecular complexity index is 1100. The maximum absolute atomic E-state index is 13.4. The number of hydrogen-bond acceptors (Lipinski definition) is 4. The zero-order valence-corrected chi connectivity index (χ0v) is 16.2. The van der Waals surface area contributed by atoms with Crippen LogP contribution in [0.15, 0.2) is 88.7 Å². The normalized spacial score (nSPS) is 18.0. The van der Waals surface area contributed by atoms with Crippen LogP contribution in [0, 0.1) is 6.92 Å². The molecule has 1 aliphatic rings. The summed E-state index contributed by atoms with van der Waals surface area (Å²) in [5, 5.41) is -0.894. The zero-order chi connectivity index (χ0) is 19.0. The minimum absolute atomic E-state index is 0.235. The van der Waals surface area contributed by atoms with E-state index in [4.69, 9.17) is 0 Å². The molecule has 1 heterocycles. The number of benzene rings is 3. The number of rotatable bonds is 3. The third-order valence-electron chi connectivity index (χ3n) is 4.38. The van der Waals surface area contributed by atoms with E-state index < -0.39 is 15.4 Å². The monoisotopic (exact) mass is 395 g/mol. The molecule has 0 amide bonds. The van der Waals surface area contributed by atoms with Gasteiger partial charge in [-0.25, -0.2) is 12.7 Å². The van der Waals surface area contributed by atoms with Gasteiger partial charge in [-0.05, 0) is 36.8 Å². The highest BCUT2D eigenvalue weighted by atomic mass is 32.2. The molecular formula is C21H17NO3S2. The van der Waals surface area contributed by atoms with E-state index in [2.05, 4.69) is 0 Å². The molecule has 0 radical (unpaired) electrons. The minimum atomic E-state index is -3.86. The standard InChI is InChI=1S/C21H17NO3S2/c1-15-12-13-19-18(14-15)26-21(20(23)16-8-4-2-5-9-16)22(27(19,24)25)17-10-6-3-7-11-17/h2-14,21H,1H3. The molecule has 0 N–H and O–H groups in total. The van der Waals surface area contributed by atoms with Crippen molar-refractivity contribution in [3.63, 3.8) is 0 Å². The second kappa shape index (κ2) is 6.87. The number of nitrogens with zero attached hydrogens (tertiary/aromatic N) is 1. The zero-order valence-electron chi connectivity index (χ0n) is 14.6. The number of fused-ring (bicyclic) bond motifs is 1. The van der Waals surface area contributed by atoms with Gasteiger partial charge in [-0.2, -0.15) is 0 Å². The molecule has 0 spiro atoms. The highest BCUT2D eigenvalue weighted by Crippen LogP contribution is 2.44. The summed E-state index contributed by atoms with van der Waals surface area (Å²) in [6.45, 7) is 1.91. The van der Waals surface area contributed by atoms with Crippen molar-refractivity contribution in [1.82, 2.24) is 0 Å². The topological polar surface area (TPSA) is 54.5 Å². The van der Waals surface area contributed by atoms with Crippen LogP contribution >= 0.6 is 11.8 Å². The first-order valence-corrected chi connectivity index (χ1v) is 10.8. The number of ketones is 1. The summed E-state index contributed by atoms with van der Waals surface area (Å²) >= 11 is 1.28. The van der Waals surface area contributed by atoms with E-state index in [1.54, 1.807) is 60.7 Å². The van der Waals surface area contributed by atoms with Gasteiger partial charge in [0.05, 0.1) is 5.69 Å². The number of anilines is 1. The van der Waals surface area contributed by atoms with E-state index in [-0.39, 0.29) is 10.7 Å². The number of Topliss-reactive ketones (excluding diaryl/α,β-unsaturated/α-hetero) is 1. The van der Waals surface area contributed by atoms with Crippen molar-refractivity contribution in [3.8, 4) is 0 Å². The van der Waals surface area contributed by atoms with Crippen molar-refractivity contribution in [2.24, 2.45) is 0 Å². The number of thioether (sulfide) groups is 1. The first-order valence-electron chi connectivity index (χ1n) is 8.44. The largest absolute Gasteiger partial charge is 0.291 e. The second-order valence-electron chi connectivity index (χ2n) is 6.29. The maximum Gasteiger partial charge on any atom is 0.266 e. The van der Waals surface area contributed by atoms with Crippen molar-refractivity contribution in [1.29, 1.82) is 0 Å². The molecule has 1 aliphatic heterocycles.